The third-order valence-electron chi connectivity index (χ3n) is 4.29. The molecule has 2 aromatic heterocycles. The van der Waals surface area contributed by atoms with Crippen LogP contribution < -0.4 is 10.1 Å². The van der Waals surface area contributed by atoms with Crippen molar-refractivity contribution in [1.82, 2.24) is 24.5 Å². The van der Waals surface area contributed by atoms with Crippen molar-refractivity contribution in [3.63, 3.8) is 0 Å². The lowest BCUT2D eigenvalue weighted by atomic mass is 10.2. The number of rotatable bonds is 6. The Morgan fingerprint density at radius 3 is 2.62 bits per heavy atom. The van der Waals surface area contributed by atoms with Gasteiger partial charge in [0.15, 0.2) is 16.4 Å². The van der Waals surface area contributed by atoms with Gasteiger partial charge in [0, 0.05) is 17.8 Å². The van der Waals surface area contributed by atoms with Crippen LogP contribution in [-0.2, 0) is 11.3 Å². The lowest BCUT2D eigenvalue weighted by molar-refractivity contribution is -0.116. The van der Waals surface area contributed by atoms with Crippen LogP contribution in [0.15, 0.2) is 66.9 Å². The van der Waals surface area contributed by atoms with E-state index in [1.165, 1.54) is 0 Å². The molecule has 4 aromatic rings. The van der Waals surface area contributed by atoms with Crippen LogP contribution in [0.1, 0.15) is 0 Å². The van der Waals surface area contributed by atoms with Crippen molar-refractivity contribution in [2.45, 2.75) is 6.54 Å². The number of anilines is 1. The highest BCUT2D eigenvalue weighted by Gasteiger charge is 2.13. The zero-order chi connectivity index (χ0) is 20.2. The van der Waals surface area contributed by atoms with Crippen molar-refractivity contribution in [2.24, 2.45) is 0 Å². The Kier molecular flexibility index (Phi) is 5.21. The number of para-hydroxylation sites is 1. The molecule has 1 amide bonds. The van der Waals surface area contributed by atoms with Crippen LogP contribution in [-0.4, -0.2) is 37.6 Å². The standard InChI is InChI=1S/C20H18N6O2S/c1-28-16-9-7-14(8-10-16)19-22-23-20(29)25(19)13-18(27)21-17-11-12-26(24-17)15-5-3-2-4-6-15/h2-12H,13H2,1H3,(H,23,29)(H,21,24,27). The maximum absolute atomic E-state index is 12.6. The minimum absolute atomic E-state index is 0.00882. The third kappa shape index (κ3) is 4.09. The van der Waals surface area contributed by atoms with E-state index in [1.807, 2.05) is 54.6 Å². The van der Waals surface area contributed by atoms with Gasteiger partial charge in [0.25, 0.3) is 0 Å². The predicted octanol–water partition coefficient (Wildman–Crippen LogP) is 3.44. The van der Waals surface area contributed by atoms with Gasteiger partial charge in [-0.25, -0.2) is 4.68 Å². The highest BCUT2D eigenvalue weighted by molar-refractivity contribution is 7.71. The van der Waals surface area contributed by atoms with E-state index in [4.69, 9.17) is 17.0 Å². The third-order valence-corrected chi connectivity index (χ3v) is 4.60. The largest absolute Gasteiger partial charge is 0.497 e. The number of nitrogens with zero attached hydrogens (tertiary/aromatic N) is 4. The quantitative estimate of drug-likeness (QED) is 0.479. The van der Waals surface area contributed by atoms with Crippen LogP contribution in [0.5, 0.6) is 5.75 Å². The topological polar surface area (TPSA) is 89.8 Å². The molecular weight excluding hydrogens is 388 g/mol. The lowest BCUT2D eigenvalue weighted by Gasteiger charge is -2.07. The van der Waals surface area contributed by atoms with Gasteiger partial charge in [-0.05, 0) is 48.6 Å². The van der Waals surface area contributed by atoms with E-state index in [1.54, 1.807) is 28.6 Å². The molecule has 4 rings (SSSR count). The Morgan fingerprint density at radius 1 is 1.14 bits per heavy atom. The Balaban J connectivity index is 1.50. The summed E-state index contributed by atoms with van der Waals surface area (Å²) in [5, 5.41) is 14.2. The molecule has 8 nitrogen and oxygen atoms in total. The average molecular weight is 406 g/mol. The monoisotopic (exact) mass is 406 g/mol. The van der Waals surface area contributed by atoms with Crippen molar-refractivity contribution in [3.8, 4) is 22.8 Å². The molecule has 0 unspecified atom stereocenters. The zero-order valence-corrected chi connectivity index (χ0v) is 16.4. The number of carbonyl (C=O) groups is 1. The number of hydrogen-bond acceptors (Lipinski definition) is 5. The number of amides is 1. The molecular formula is C20H18N6O2S. The molecule has 0 bridgehead atoms. The summed E-state index contributed by atoms with van der Waals surface area (Å²) in [5.41, 5.74) is 1.73. The first-order valence-corrected chi connectivity index (χ1v) is 9.25. The molecule has 2 N–H and O–H groups in total. The van der Waals surface area contributed by atoms with Gasteiger partial charge in [-0.1, -0.05) is 18.2 Å². The van der Waals surface area contributed by atoms with Crippen LogP contribution in [0.2, 0.25) is 0 Å². The summed E-state index contributed by atoms with van der Waals surface area (Å²) in [6.45, 7) is 0.00882. The SMILES string of the molecule is COc1ccc(-c2n[nH]c(=S)n2CC(=O)Nc2ccn(-c3ccccc3)n2)cc1. The van der Waals surface area contributed by atoms with Crippen LogP contribution in [0.4, 0.5) is 5.82 Å². The molecule has 0 aliphatic carbocycles. The first kappa shape index (κ1) is 18.6. The molecule has 9 heteroatoms. The fraction of sp³-hybridized carbons (Fsp3) is 0.100. The maximum Gasteiger partial charge on any atom is 0.245 e. The smallest absolute Gasteiger partial charge is 0.245 e. The van der Waals surface area contributed by atoms with Crippen LogP contribution in [0.25, 0.3) is 17.1 Å². The molecule has 0 fully saturated rings. The number of aromatic amines is 1. The second-order valence-electron chi connectivity index (χ2n) is 6.20. The number of benzene rings is 2. The van der Waals surface area contributed by atoms with Crippen molar-refractivity contribution >= 4 is 23.9 Å². The summed E-state index contributed by atoms with van der Waals surface area (Å²) in [4.78, 5) is 12.6. The second-order valence-corrected chi connectivity index (χ2v) is 6.58. The number of hydrogen-bond donors (Lipinski definition) is 2. The lowest BCUT2D eigenvalue weighted by Crippen LogP contribution is -2.20. The highest BCUT2D eigenvalue weighted by atomic mass is 32.1. The normalized spacial score (nSPS) is 10.7. The van der Waals surface area contributed by atoms with Gasteiger partial charge in [0.2, 0.25) is 5.91 Å². The molecule has 0 atom stereocenters. The van der Waals surface area contributed by atoms with Crippen molar-refractivity contribution in [3.05, 3.63) is 71.6 Å². The summed E-state index contributed by atoms with van der Waals surface area (Å²) < 4.78 is 8.87. The van der Waals surface area contributed by atoms with E-state index in [0.717, 1.165) is 17.0 Å². The Morgan fingerprint density at radius 2 is 1.90 bits per heavy atom. The molecule has 0 saturated heterocycles. The molecule has 0 saturated carbocycles. The van der Waals surface area contributed by atoms with Gasteiger partial charge < -0.3 is 10.1 Å². The first-order chi connectivity index (χ1) is 14.1. The summed E-state index contributed by atoms with van der Waals surface area (Å²) in [5.74, 6) is 1.51. The van der Waals surface area contributed by atoms with Gasteiger partial charge in [-0.3, -0.25) is 14.5 Å². The number of ether oxygens (including phenoxy) is 1. The average Bonchev–Trinajstić information content (AvgIpc) is 3.36. The zero-order valence-electron chi connectivity index (χ0n) is 15.6. The number of H-pyrrole nitrogens is 1. The summed E-state index contributed by atoms with van der Waals surface area (Å²) >= 11 is 5.29. The van der Waals surface area contributed by atoms with Crippen LogP contribution in [0, 0.1) is 4.77 Å². The maximum atomic E-state index is 12.6. The van der Waals surface area contributed by atoms with Gasteiger partial charge >= 0.3 is 0 Å². The summed E-state index contributed by atoms with van der Waals surface area (Å²) in [6, 6.07) is 18.8. The van der Waals surface area contributed by atoms with E-state index in [2.05, 4.69) is 20.6 Å². The number of aromatic nitrogens is 5. The first-order valence-electron chi connectivity index (χ1n) is 8.84. The molecule has 0 spiro atoms. The van der Waals surface area contributed by atoms with Crippen LogP contribution >= 0.6 is 12.2 Å². The van der Waals surface area contributed by atoms with E-state index in [9.17, 15) is 4.79 Å². The molecule has 2 aromatic carbocycles. The van der Waals surface area contributed by atoms with Gasteiger partial charge in [-0.2, -0.15) is 10.2 Å². The van der Waals surface area contributed by atoms with E-state index < -0.39 is 0 Å². The number of nitrogens with one attached hydrogen (secondary N) is 2. The summed E-state index contributed by atoms with van der Waals surface area (Å²) in [6.07, 6.45) is 1.79. The van der Waals surface area contributed by atoms with Gasteiger partial charge in [-0.15, -0.1) is 0 Å². The summed E-state index contributed by atoms with van der Waals surface area (Å²) in [7, 11) is 1.61. The van der Waals surface area contributed by atoms with Crippen LogP contribution in [0.3, 0.4) is 0 Å². The van der Waals surface area contributed by atoms with E-state index >= 15 is 0 Å². The fourth-order valence-electron chi connectivity index (χ4n) is 2.87. The van der Waals surface area contributed by atoms with Gasteiger partial charge in [0.1, 0.15) is 12.3 Å². The van der Waals surface area contributed by atoms with Crippen molar-refractivity contribution in [2.75, 3.05) is 12.4 Å². The van der Waals surface area contributed by atoms with Crippen molar-refractivity contribution < 1.29 is 9.53 Å². The molecule has 29 heavy (non-hydrogen) atoms. The Bertz CT molecular complexity index is 1180. The molecule has 146 valence electrons. The fourth-order valence-corrected chi connectivity index (χ4v) is 3.06. The number of carbonyl (C=O) groups excluding carboxylic acids is 1. The van der Waals surface area contributed by atoms with Crippen molar-refractivity contribution in [1.29, 1.82) is 0 Å². The highest BCUT2D eigenvalue weighted by Crippen LogP contribution is 2.21. The minimum atomic E-state index is -0.254. The van der Waals surface area contributed by atoms with Gasteiger partial charge in [0.05, 0.1) is 12.8 Å². The second kappa shape index (κ2) is 8.11. The minimum Gasteiger partial charge on any atom is -0.497 e. The van der Waals surface area contributed by atoms with E-state index in [-0.39, 0.29) is 12.5 Å². The Hall–Kier alpha value is -3.72. The number of methoxy groups -OCH3 is 1. The molecule has 0 aliphatic rings. The predicted molar refractivity (Wildman–Crippen MR) is 112 cm³/mol. The Labute approximate surface area is 171 Å². The molecule has 0 aliphatic heterocycles. The molecule has 2 heterocycles. The van der Waals surface area contributed by atoms with E-state index in [0.29, 0.717) is 16.4 Å². The molecule has 0 radical (unpaired) electrons.